The number of piperazine rings is 1. The molecule has 2 N–H and O–H groups in total. The van der Waals surface area contributed by atoms with Gasteiger partial charge in [0, 0.05) is 37.1 Å². The number of rotatable bonds is 4. The summed E-state index contributed by atoms with van der Waals surface area (Å²) in [7, 11) is 0. The number of carbonyl (C=O) groups excluding carboxylic acids is 1. The molecular weight excluding hydrogens is 387 g/mol. The van der Waals surface area contributed by atoms with E-state index in [9.17, 15) is 18.0 Å². The van der Waals surface area contributed by atoms with Gasteiger partial charge in [-0.25, -0.2) is 4.98 Å². The first-order valence-corrected chi connectivity index (χ1v) is 8.96. The number of anilines is 2. The van der Waals surface area contributed by atoms with Gasteiger partial charge < -0.3 is 15.5 Å². The standard InChI is InChI=1S/C18H18F3N7O/c1-11-8-14(28-17(24-11)25-16(26-28)18(19,20)21)23-9-12-2-4-13(5-3-12)27-7-6-22-15(29)10-27/h2-5,8,23H,6-7,9-10H2,1H3,(H,22,29). The van der Waals surface area contributed by atoms with Gasteiger partial charge in [-0.3, -0.25) is 4.79 Å². The van der Waals surface area contributed by atoms with Gasteiger partial charge in [0.25, 0.3) is 11.6 Å². The van der Waals surface area contributed by atoms with Crippen LogP contribution in [0.4, 0.5) is 24.7 Å². The summed E-state index contributed by atoms with van der Waals surface area (Å²) < 4.78 is 39.8. The fourth-order valence-electron chi connectivity index (χ4n) is 3.11. The van der Waals surface area contributed by atoms with Gasteiger partial charge in [0.1, 0.15) is 5.82 Å². The van der Waals surface area contributed by atoms with Crippen LogP contribution in [0.15, 0.2) is 30.3 Å². The SMILES string of the molecule is Cc1cc(NCc2ccc(N3CCNC(=O)C3)cc2)n2nc(C(F)(F)F)nc2n1. The third-order valence-corrected chi connectivity index (χ3v) is 4.51. The van der Waals surface area contributed by atoms with E-state index in [-0.39, 0.29) is 11.7 Å². The zero-order valence-corrected chi connectivity index (χ0v) is 15.5. The molecule has 0 saturated carbocycles. The lowest BCUT2D eigenvalue weighted by molar-refractivity contribution is -0.144. The summed E-state index contributed by atoms with van der Waals surface area (Å²) >= 11 is 0. The van der Waals surface area contributed by atoms with Crippen LogP contribution in [0, 0.1) is 6.92 Å². The van der Waals surface area contributed by atoms with Crippen molar-refractivity contribution in [3.8, 4) is 0 Å². The molecule has 1 aliphatic heterocycles. The van der Waals surface area contributed by atoms with Crippen molar-refractivity contribution in [2.24, 2.45) is 0 Å². The van der Waals surface area contributed by atoms with Crippen LogP contribution in [-0.4, -0.2) is 45.1 Å². The minimum atomic E-state index is -4.64. The second kappa shape index (κ2) is 7.22. The average molecular weight is 405 g/mol. The summed E-state index contributed by atoms with van der Waals surface area (Å²) in [5.74, 6) is -0.982. The number of benzene rings is 1. The van der Waals surface area contributed by atoms with Gasteiger partial charge >= 0.3 is 6.18 Å². The molecule has 2 aromatic heterocycles. The molecule has 1 fully saturated rings. The number of nitrogens with zero attached hydrogens (tertiary/aromatic N) is 5. The highest BCUT2D eigenvalue weighted by molar-refractivity contribution is 5.82. The molecule has 29 heavy (non-hydrogen) atoms. The Morgan fingerprint density at radius 3 is 2.66 bits per heavy atom. The van der Waals surface area contributed by atoms with Crippen LogP contribution in [0.5, 0.6) is 0 Å². The molecule has 3 aromatic rings. The van der Waals surface area contributed by atoms with Gasteiger partial charge in [0.05, 0.1) is 6.54 Å². The molecule has 152 valence electrons. The molecule has 0 unspecified atom stereocenters. The lowest BCUT2D eigenvalue weighted by Crippen LogP contribution is -2.47. The number of halogens is 3. The van der Waals surface area contributed by atoms with Crippen molar-refractivity contribution in [3.05, 3.63) is 47.4 Å². The number of fused-ring (bicyclic) bond motifs is 1. The van der Waals surface area contributed by atoms with Gasteiger partial charge in [0.2, 0.25) is 5.91 Å². The number of hydrogen-bond donors (Lipinski definition) is 2. The van der Waals surface area contributed by atoms with E-state index >= 15 is 0 Å². The molecular formula is C18H18F3N7O. The molecule has 1 aliphatic rings. The fourth-order valence-corrected chi connectivity index (χ4v) is 3.11. The van der Waals surface area contributed by atoms with E-state index in [0.29, 0.717) is 31.1 Å². The van der Waals surface area contributed by atoms with E-state index in [4.69, 9.17) is 0 Å². The number of amides is 1. The van der Waals surface area contributed by atoms with Crippen molar-refractivity contribution in [3.63, 3.8) is 0 Å². The predicted molar refractivity (Wildman–Crippen MR) is 99.5 cm³/mol. The fraction of sp³-hybridized carbons (Fsp3) is 0.333. The summed E-state index contributed by atoms with van der Waals surface area (Å²) in [5, 5.41) is 9.40. The normalized spacial score (nSPS) is 14.9. The molecule has 3 heterocycles. The lowest BCUT2D eigenvalue weighted by atomic mass is 10.2. The van der Waals surface area contributed by atoms with Crippen LogP contribution < -0.4 is 15.5 Å². The molecule has 4 rings (SSSR count). The smallest absolute Gasteiger partial charge is 0.366 e. The van der Waals surface area contributed by atoms with Crippen LogP contribution in [-0.2, 0) is 17.5 Å². The van der Waals surface area contributed by atoms with Crippen molar-refractivity contribution in [2.45, 2.75) is 19.6 Å². The van der Waals surface area contributed by atoms with E-state index in [0.717, 1.165) is 22.3 Å². The topological polar surface area (TPSA) is 87.5 Å². The highest BCUT2D eigenvalue weighted by Gasteiger charge is 2.36. The molecule has 0 atom stereocenters. The molecule has 0 aliphatic carbocycles. The van der Waals surface area contributed by atoms with Gasteiger partial charge in [-0.1, -0.05) is 12.1 Å². The maximum absolute atomic E-state index is 12.9. The number of aryl methyl sites for hydroxylation is 1. The molecule has 1 aromatic carbocycles. The molecule has 11 heteroatoms. The Balaban J connectivity index is 1.50. The quantitative estimate of drug-likeness (QED) is 0.691. The summed E-state index contributed by atoms with van der Waals surface area (Å²) in [6.45, 7) is 3.72. The number of nitrogens with one attached hydrogen (secondary N) is 2. The number of hydrogen-bond acceptors (Lipinski definition) is 6. The molecule has 0 spiro atoms. The van der Waals surface area contributed by atoms with E-state index in [1.165, 1.54) is 0 Å². The van der Waals surface area contributed by atoms with E-state index in [1.807, 2.05) is 29.2 Å². The monoisotopic (exact) mass is 405 g/mol. The average Bonchev–Trinajstić information content (AvgIpc) is 3.11. The molecule has 1 saturated heterocycles. The second-order valence-corrected chi connectivity index (χ2v) is 6.72. The van der Waals surface area contributed by atoms with Crippen LogP contribution in [0.1, 0.15) is 17.1 Å². The first-order valence-electron chi connectivity index (χ1n) is 8.96. The summed E-state index contributed by atoms with van der Waals surface area (Å²) in [4.78, 5) is 21.0. The Labute approximate surface area is 163 Å². The summed E-state index contributed by atoms with van der Waals surface area (Å²) in [5.41, 5.74) is 2.39. The Bertz CT molecular complexity index is 1050. The van der Waals surface area contributed by atoms with Crippen molar-refractivity contribution in [2.75, 3.05) is 29.9 Å². The largest absolute Gasteiger partial charge is 0.453 e. The number of aromatic nitrogens is 4. The Morgan fingerprint density at radius 1 is 1.21 bits per heavy atom. The minimum Gasteiger partial charge on any atom is -0.366 e. The molecule has 0 bridgehead atoms. The highest BCUT2D eigenvalue weighted by atomic mass is 19.4. The van der Waals surface area contributed by atoms with E-state index < -0.39 is 12.0 Å². The molecule has 8 nitrogen and oxygen atoms in total. The molecule has 1 amide bonds. The van der Waals surface area contributed by atoms with Gasteiger partial charge in [-0.05, 0) is 24.6 Å². The van der Waals surface area contributed by atoms with Crippen molar-refractivity contribution < 1.29 is 18.0 Å². The van der Waals surface area contributed by atoms with Crippen molar-refractivity contribution >= 4 is 23.2 Å². The highest BCUT2D eigenvalue weighted by Crippen LogP contribution is 2.27. The Morgan fingerprint density at radius 2 is 1.97 bits per heavy atom. The Kier molecular flexibility index (Phi) is 4.73. The number of alkyl halides is 3. The zero-order chi connectivity index (χ0) is 20.6. The third-order valence-electron chi connectivity index (χ3n) is 4.51. The van der Waals surface area contributed by atoms with Crippen LogP contribution in [0.3, 0.4) is 0 Å². The maximum Gasteiger partial charge on any atom is 0.453 e. The van der Waals surface area contributed by atoms with Crippen LogP contribution in [0.2, 0.25) is 0 Å². The number of carbonyl (C=O) groups is 1. The van der Waals surface area contributed by atoms with Gasteiger partial charge in [0.15, 0.2) is 0 Å². The lowest BCUT2D eigenvalue weighted by Gasteiger charge is -2.28. The van der Waals surface area contributed by atoms with Crippen LogP contribution >= 0.6 is 0 Å². The van der Waals surface area contributed by atoms with Gasteiger partial charge in [-0.15, -0.1) is 5.10 Å². The maximum atomic E-state index is 12.9. The minimum absolute atomic E-state index is 0.00914. The van der Waals surface area contributed by atoms with E-state index in [1.54, 1.807) is 13.0 Å². The zero-order valence-electron chi connectivity index (χ0n) is 15.5. The van der Waals surface area contributed by atoms with Crippen molar-refractivity contribution in [1.29, 1.82) is 0 Å². The molecule has 0 radical (unpaired) electrons. The van der Waals surface area contributed by atoms with E-state index in [2.05, 4.69) is 25.7 Å². The predicted octanol–water partition coefficient (Wildman–Crippen LogP) is 2.00. The summed E-state index contributed by atoms with van der Waals surface area (Å²) in [6.07, 6.45) is -4.64. The second-order valence-electron chi connectivity index (χ2n) is 6.72. The van der Waals surface area contributed by atoms with Crippen molar-refractivity contribution in [1.82, 2.24) is 24.9 Å². The first-order chi connectivity index (χ1) is 13.8. The Hall–Kier alpha value is -3.37. The first kappa shape index (κ1) is 19.0. The third kappa shape index (κ3) is 4.08. The van der Waals surface area contributed by atoms with Crippen LogP contribution in [0.25, 0.3) is 5.78 Å². The summed E-state index contributed by atoms with van der Waals surface area (Å²) in [6, 6.07) is 9.26. The van der Waals surface area contributed by atoms with Gasteiger partial charge in [-0.2, -0.15) is 22.7 Å².